The number of aliphatic carboxylic acids is 1. The molecule has 0 atom stereocenters. The number of benzene rings is 1. The van der Waals surface area contributed by atoms with Crippen molar-refractivity contribution in [3.63, 3.8) is 0 Å². The number of halogens is 3. The van der Waals surface area contributed by atoms with Gasteiger partial charge in [0.15, 0.2) is 15.5 Å². The fourth-order valence-corrected chi connectivity index (χ4v) is 4.86. The second-order valence-electron chi connectivity index (χ2n) is 8.20. The highest BCUT2D eigenvalue weighted by atomic mass is 32.1. The van der Waals surface area contributed by atoms with Gasteiger partial charge in [-0.3, -0.25) is 10.2 Å². The van der Waals surface area contributed by atoms with E-state index in [4.69, 9.17) is 19.5 Å². The van der Waals surface area contributed by atoms with Crippen molar-refractivity contribution in [2.24, 2.45) is 0 Å². The number of aromatic nitrogens is 3. The summed E-state index contributed by atoms with van der Waals surface area (Å²) in [6, 6.07) is 9.13. The van der Waals surface area contributed by atoms with Crippen LogP contribution in [0.15, 0.2) is 30.6 Å². The summed E-state index contributed by atoms with van der Waals surface area (Å²) < 4.78 is 36.9. The summed E-state index contributed by atoms with van der Waals surface area (Å²) in [4.78, 5) is 42.4. The number of piperidine rings is 1. The van der Waals surface area contributed by atoms with E-state index in [2.05, 4.69) is 49.4 Å². The Morgan fingerprint density at radius 1 is 1.14 bits per heavy atom. The molecule has 2 aromatic heterocycles. The molecule has 0 aliphatic carbocycles. The van der Waals surface area contributed by atoms with Gasteiger partial charge >= 0.3 is 18.2 Å². The maximum absolute atomic E-state index is 12.3. The van der Waals surface area contributed by atoms with E-state index in [0.717, 1.165) is 25.9 Å². The highest BCUT2D eigenvalue weighted by Gasteiger charge is 2.38. The van der Waals surface area contributed by atoms with Crippen LogP contribution in [0.25, 0.3) is 10.3 Å². The van der Waals surface area contributed by atoms with Gasteiger partial charge in [0, 0.05) is 32.2 Å². The van der Waals surface area contributed by atoms with Crippen molar-refractivity contribution in [2.75, 3.05) is 25.5 Å². The third-order valence-corrected chi connectivity index (χ3v) is 6.70. The molecular formula is C22H23F3N6O5S. The van der Waals surface area contributed by atoms with Crippen LogP contribution in [-0.2, 0) is 22.7 Å². The van der Waals surface area contributed by atoms with Gasteiger partial charge in [0.2, 0.25) is 5.88 Å². The first-order valence-corrected chi connectivity index (χ1v) is 12.0. The third kappa shape index (κ3) is 6.61. The summed E-state index contributed by atoms with van der Waals surface area (Å²) in [5.74, 6) is -2.38. The van der Waals surface area contributed by atoms with Crippen LogP contribution in [0.3, 0.4) is 0 Å². The molecule has 3 aromatic rings. The number of amides is 1. The molecule has 1 fully saturated rings. The molecule has 15 heteroatoms. The number of carboxylic acids is 1. The Morgan fingerprint density at radius 2 is 1.76 bits per heavy atom. The molecule has 0 unspecified atom stereocenters. The lowest BCUT2D eigenvalue weighted by Gasteiger charge is -2.35. The Kier molecular flexibility index (Phi) is 8.04. The number of alkyl halides is 3. The zero-order valence-electron chi connectivity index (χ0n) is 19.6. The maximum Gasteiger partial charge on any atom is 0.490 e. The van der Waals surface area contributed by atoms with Crippen molar-refractivity contribution in [3.05, 3.63) is 41.7 Å². The number of anilines is 1. The van der Waals surface area contributed by atoms with Crippen LogP contribution >= 0.6 is 11.3 Å². The molecule has 1 saturated heterocycles. The van der Waals surface area contributed by atoms with Gasteiger partial charge in [0.05, 0.1) is 7.11 Å². The van der Waals surface area contributed by atoms with Crippen LogP contribution in [0.1, 0.15) is 24.0 Å². The van der Waals surface area contributed by atoms with Crippen LogP contribution in [0.5, 0.6) is 5.88 Å². The number of hydroxylamine groups is 2. The van der Waals surface area contributed by atoms with E-state index in [9.17, 15) is 18.0 Å². The van der Waals surface area contributed by atoms with Gasteiger partial charge in [-0.15, -0.1) is 5.06 Å². The molecule has 11 nitrogen and oxygen atoms in total. The molecular weight excluding hydrogens is 517 g/mol. The Morgan fingerprint density at radius 3 is 2.32 bits per heavy atom. The van der Waals surface area contributed by atoms with Gasteiger partial charge in [0.25, 0.3) is 0 Å². The quantitative estimate of drug-likeness (QED) is 0.506. The molecule has 0 radical (unpaired) electrons. The lowest BCUT2D eigenvalue weighted by molar-refractivity contribution is -0.192. The Labute approximate surface area is 212 Å². The molecule has 1 aromatic carbocycles. The molecule has 37 heavy (non-hydrogen) atoms. The Hall–Kier alpha value is -3.56. The van der Waals surface area contributed by atoms with E-state index in [1.807, 2.05) is 0 Å². The number of methoxy groups -OCH3 is 1. The molecule has 1 amide bonds. The number of ether oxygens (including phenoxy) is 1. The summed E-state index contributed by atoms with van der Waals surface area (Å²) in [6.45, 7) is 3.44. The van der Waals surface area contributed by atoms with E-state index in [1.54, 1.807) is 5.06 Å². The van der Waals surface area contributed by atoms with Gasteiger partial charge in [0.1, 0.15) is 6.33 Å². The largest absolute Gasteiger partial charge is 0.490 e. The first kappa shape index (κ1) is 26.5. The van der Waals surface area contributed by atoms with E-state index in [1.165, 1.54) is 35.9 Å². The first-order chi connectivity index (χ1) is 17.6. The van der Waals surface area contributed by atoms with Crippen molar-refractivity contribution in [1.29, 1.82) is 0 Å². The summed E-state index contributed by atoms with van der Waals surface area (Å²) in [7, 11) is 1.52. The second-order valence-corrected chi connectivity index (χ2v) is 9.17. The number of rotatable bonds is 4. The minimum Gasteiger partial charge on any atom is -0.479 e. The van der Waals surface area contributed by atoms with Crippen molar-refractivity contribution >= 4 is 38.9 Å². The number of nitrogens with zero attached hydrogens (tertiary/aromatic N) is 5. The molecule has 0 spiro atoms. The van der Waals surface area contributed by atoms with Gasteiger partial charge < -0.3 is 14.7 Å². The van der Waals surface area contributed by atoms with Crippen molar-refractivity contribution in [1.82, 2.24) is 24.9 Å². The molecule has 0 bridgehead atoms. The number of carboxylic acid groups (broad SMARTS) is 1. The molecule has 2 N–H and O–H groups in total. The molecule has 2 aliphatic heterocycles. The fourth-order valence-electron chi connectivity index (χ4n) is 4.08. The van der Waals surface area contributed by atoms with Gasteiger partial charge in [-0.05, 0) is 24.0 Å². The molecule has 198 valence electrons. The highest BCUT2D eigenvalue weighted by Crippen LogP contribution is 2.30. The van der Waals surface area contributed by atoms with Gasteiger partial charge in [-0.1, -0.05) is 35.6 Å². The zero-order valence-corrected chi connectivity index (χ0v) is 20.4. The van der Waals surface area contributed by atoms with Crippen LogP contribution in [0.2, 0.25) is 0 Å². The predicted molar refractivity (Wildman–Crippen MR) is 126 cm³/mol. The first-order valence-electron chi connectivity index (χ1n) is 11.1. The van der Waals surface area contributed by atoms with E-state index >= 15 is 0 Å². The monoisotopic (exact) mass is 540 g/mol. The molecule has 4 heterocycles. The molecule has 0 saturated carbocycles. The smallest absolute Gasteiger partial charge is 0.479 e. The number of fused-ring (bicyclic) bond motifs is 2. The SMILES string of the molecule is COc1ncnc2sc(NC(=O)ON3CCC(N4Cc5ccccc5C4)CC3)nc12.O=C(O)C(F)(F)F. The van der Waals surface area contributed by atoms with Crippen LogP contribution in [0.4, 0.5) is 23.1 Å². The van der Waals surface area contributed by atoms with E-state index in [-0.39, 0.29) is 0 Å². The van der Waals surface area contributed by atoms with Crippen molar-refractivity contribution in [3.8, 4) is 5.88 Å². The number of hydrogen-bond acceptors (Lipinski definition) is 10. The lowest BCUT2D eigenvalue weighted by Crippen LogP contribution is -2.44. The number of nitrogens with one attached hydrogen (secondary N) is 1. The average molecular weight is 541 g/mol. The molecule has 5 rings (SSSR count). The highest BCUT2D eigenvalue weighted by molar-refractivity contribution is 7.22. The van der Waals surface area contributed by atoms with Crippen molar-refractivity contribution < 1.29 is 37.4 Å². The topological polar surface area (TPSA) is 130 Å². The summed E-state index contributed by atoms with van der Waals surface area (Å²) in [6.07, 6.45) is -2.29. The lowest BCUT2D eigenvalue weighted by atomic mass is 10.1. The fraction of sp³-hybridized carbons (Fsp3) is 0.409. The van der Waals surface area contributed by atoms with Crippen molar-refractivity contribution in [2.45, 2.75) is 38.1 Å². The summed E-state index contributed by atoms with van der Waals surface area (Å²) in [5, 5.41) is 11.9. The second kappa shape index (κ2) is 11.2. The van der Waals surface area contributed by atoms with Crippen LogP contribution < -0.4 is 10.1 Å². The summed E-state index contributed by atoms with van der Waals surface area (Å²) in [5.41, 5.74) is 3.37. The zero-order chi connectivity index (χ0) is 26.6. The van der Waals surface area contributed by atoms with Crippen LogP contribution in [0, 0.1) is 0 Å². The predicted octanol–water partition coefficient (Wildman–Crippen LogP) is 3.67. The number of carbonyl (C=O) groups is 2. The Balaban J connectivity index is 0.000000405. The number of hydrogen-bond donors (Lipinski definition) is 2. The minimum absolute atomic E-state index is 0.379. The van der Waals surface area contributed by atoms with Gasteiger partial charge in [-0.2, -0.15) is 18.2 Å². The third-order valence-electron chi connectivity index (χ3n) is 5.82. The maximum atomic E-state index is 12.3. The normalized spacial score (nSPS) is 16.5. The molecule has 2 aliphatic rings. The van der Waals surface area contributed by atoms with Gasteiger partial charge in [-0.25, -0.2) is 19.6 Å². The number of carbonyl (C=O) groups excluding carboxylic acids is 1. The standard InChI is InChI=1S/C20H22N6O3S.C2HF3O2/c1-28-17-16-18(22-12-21-17)30-19(23-16)24-20(27)29-26-8-6-15(7-9-26)25-10-13-4-2-3-5-14(13)11-25;3-2(4,5)1(6)7/h2-5,12,15H,6-11H2,1H3,(H,23,24,27);(H,6,7). The van der Waals surface area contributed by atoms with Crippen LogP contribution in [-0.4, -0.2) is 74.5 Å². The van der Waals surface area contributed by atoms with E-state index < -0.39 is 18.2 Å². The average Bonchev–Trinajstić information content (AvgIpc) is 3.47. The summed E-state index contributed by atoms with van der Waals surface area (Å²) >= 11 is 1.25. The number of thiazole rings is 1. The van der Waals surface area contributed by atoms with E-state index in [0.29, 0.717) is 40.5 Å². The minimum atomic E-state index is -5.08. The Bertz CT molecular complexity index is 1240.